The largest absolute Gasteiger partial charge is 0.353 e. The van der Waals surface area contributed by atoms with Crippen molar-refractivity contribution in [2.75, 3.05) is 18.1 Å². The van der Waals surface area contributed by atoms with Crippen LogP contribution in [0.5, 0.6) is 0 Å². The Kier molecular flexibility index (Phi) is 5.98. The van der Waals surface area contributed by atoms with E-state index >= 15 is 0 Å². The monoisotopic (exact) mass is 246 g/mol. The fraction of sp³-hybridized carbons (Fsp3) is 0.909. The molecule has 1 rings (SSSR count). The van der Waals surface area contributed by atoms with Crippen molar-refractivity contribution in [1.82, 2.24) is 5.32 Å². The molecule has 16 heavy (non-hydrogen) atoms. The van der Waals surface area contributed by atoms with Gasteiger partial charge in [0.1, 0.15) is 0 Å². The summed E-state index contributed by atoms with van der Waals surface area (Å²) in [7, 11) is -0.661. The highest BCUT2D eigenvalue weighted by molar-refractivity contribution is 7.85. The summed E-state index contributed by atoms with van der Waals surface area (Å²) in [6, 6.07) is 0.223. The molecule has 1 atom stereocenters. The molecule has 0 saturated carbocycles. The van der Waals surface area contributed by atoms with E-state index in [-0.39, 0.29) is 17.9 Å². The van der Waals surface area contributed by atoms with Crippen molar-refractivity contribution < 1.29 is 9.00 Å². The molecule has 1 unspecified atom stereocenters. The maximum atomic E-state index is 11.7. The van der Waals surface area contributed by atoms with Crippen LogP contribution in [0.25, 0.3) is 0 Å². The maximum Gasteiger partial charge on any atom is 0.220 e. The molecule has 0 aromatic heterocycles. The standard InChI is InChI=1S/C11H22N2O2S/c1-2-9(8-12)7-11(14)13-10-3-5-16(15)6-4-10/h9-10H,2-8,12H2,1H3,(H,13,14). The Morgan fingerprint density at radius 1 is 1.50 bits per heavy atom. The van der Waals surface area contributed by atoms with E-state index < -0.39 is 10.8 Å². The molecule has 0 aromatic rings. The Hall–Kier alpha value is -0.420. The summed E-state index contributed by atoms with van der Waals surface area (Å²) in [5.74, 6) is 1.82. The predicted octanol–water partition coefficient (Wildman–Crippen LogP) is 0.389. The third-order valence-corrected chi connectivity index (χ3v) is 4.52. The van der Waals surface area contributed by atoms with Crippen molar-refractivity contribution in [1.29, 1.82) is 0 Å². The lowest BCUT2D eigenvalue weighted by molar-refractivity contribution is -0.122. The third-order valence-electron chi connectivity index (χ3n) is 3.14. The van der Waals surface area contributed by atoms with E-state index in [1.165, 1.54) is 0 Å². The Morgan fingerprint density at radius 2 is 2.12 bits per heavy atom. The topological polar surface area (TPSA) is 72.2 Å². The van der Waals surface area contributed by atoms with Crippen molar-refractivity contribution in [3.8, 4) is 0 Å². The van der Waals surface area contributed by atoms with Gasteiger partial charge in [0.25, 0.3) is 0 Å². The molecule has 3 N–H and O–H groups in total. The molecule has 1 aliphatic rings. The fourth-order valence-corrected chi connectivity index (χ4v) is 3.18. The molecule has 0 spiro atoms. The minimum atomic E-state index is -0.661. The van der Waals surface area contributed by atoms with Crippen LogP contribution in [-0.2, 0) is 15.6 Å². The molecule has 1 amide bonds. The molecule has 0 radical (unpaired) electrons. The lowest BCUT2D eigenvalue weighted by Crippen LogP contribution is -2.40. The van der Waals surface area contributed by atoms with Crippen LogP contribution in [0.1, 0.15) is 32.6 Å². The molecule has 5 heteroatoms. The highest BCUT2D eigenvalue weighted by Gasteiger charge is 2.20. The van der Waals surface area contributed by atoms with E-state index in [2.05, 4.69) is 12.2 Å². The molecule has 1 heterocycles. The molecule has 0 aliphatic carbocycles. The Labute approximate surface area is 99.8 Å². The SMILES string of the molecule is CCC(CN)CC(=O)NC1CCS(=O)CC1. The van der Waals surface area contributed by atoms with Gasteiger partial charge in [-0.2, -0.15) is 0 Å². The molecule has 1 saturated heterocycles. The molecular formula is C11H22N2O2S. The van der Waals surface area contributed by atoms with E-state index in [1.54, 1.807) is 0 Å². The van der Waals surface area contributed by atoms with E-state index in [0.717, 1.165) is 30.8 Å². The second-order valence-corrected chi connectivity index (χ2v) is 6.10. The second-order valence-electron chi connectivity index (χ2n) is 4.40. The number of nitrogens with one attached hydrogen (secondary N) is 1. The van der Waals surface area contributed by atoms with Gasteiger partial charge in [-0.25, -0.2) is 0 Å². The van der Waals surface area contributed by atoms with Gasteiger partial charge < -0.3 is 11.1 Å². The van der Waals surface area contributed by atoms with Crippen LogP contribution in [0.2, 0.25) is 0 Å². The van der Waals surface area contributed by atoms with E-state index in [4.69, 9.17) is 5.73 Å². The first-order chi connectivity index (χ1) is 7.65. The predicted molar refractivity (Wildman–Crippen MR) is 66.5 cm³/mol. The Balaban J connectivity index is 2.26. The zero-order valence-electron chi connectivity index (χ0n) is 9.91. The molecule has 94 valence electrons. The number of rotatable bonds is 5. The van der Waals surface area contributed by atoms with Gasteiger partial charge in [-0.05, 0) is 25.3 Å². The van der Waals surface area contributed by atoms with Gasteiger partial charge in [-0.15, -0.1) is 0 Å². The summed E-state index contributed by atoms with van der Waals surface area (Å²) in [5.41, 5.74) is 5.56. The number of amides is 1. The summed E-state index contributed by atoms with van der Waals surface area (Å²) in [6.45, 7) is 2.62. The Morgan fingerprint density at radius 3 is 2.62 bits per heavy atom. The molecule has 0 aromatic carbocycles. The number of hydrogen-bond acceptors (Lipinski definition) is 3. The lowest BCUT2D eigenvalue weighted by atomic mass is 10.0. The average molecular weight is 246 g/mol. The highest BCUT2D eigenvalue weighted by Crippen LogP contribution is 2.11. The van der Waals surface area contributed by atoms with Gasteiger partial charge in [-0.1, -0.05) is 13.3 Å². The van der Waals surface area contributed by atoms with E-state index in [9.17, 15) is 9.00 Å². The number of nitrogens with two attached hydrogens (primary N) is 1. The van der Waals surface area contributed by atoms with Crippen LogP contribution in [0.3, 0.4) is 0 Å². The highest BCUT2D eigenvalue weighted by atomic mass is 32.2. The number of carbonyl (C=O) groups excluding carboxylic acids is 1. The fourth-order valence-electron chi connectivity index (χ4n) is 1.88. The molecule has 4 nitrogen and oxygen atoms in total. The first-order valence-corrected chi connectivity index (χ1v) is 7.49. The summed E-state index contributed by atoms with van der Waals surface area (Å²) in [6.07, 6.45) is 3.15. The molecular weight excluding hydrogens is 224 g/mol. The van der Waals surface area contributed by atoms with Crippen molar-refractivity contribution in [3.63, 3.8) is 0 Å². The number of carbonyl (C=O) groups is 1. The summed E-state index contributed by atoms with van der Waals surface area (Å²) < 4.78 is 11.1. The first kappa shape index (κ1) is 13.6. The second kappa shape index (κ2) is 7.01. The average Bonchev–Trinajstić information content (AvgIpc) is 2.29. The molecule has 1 fully saturated rings. The smallest absolute Gasteiger partial charge is 0.220 e. The zero-order valence-corrected chi connectivity index (χ0v) is 10.7. The van der Waals surface area contributed by atoms with Gasteiger partial charge in [0.2, 0.25) is 5.91 Å². The summed E-state index contributed by atoms with van der Waals surface area (Å²) in [4.78, 5) is 11.7. The van der Waals surface area contributed by atoms with Crippen molar-refractivity contribution in [2.45, 2.75) is 38.6 Å². The van der Waals surface area contributed by atoms with Crippen molar-refractivity contribution in [3.05, 3.63) is 0 Å². The summed E-state index contributed by atoms with van der Waals surface area (Å²) >= 11 is 0. The minimum Gasteiger partial charge on any atom is -0.353 e. The quantitative estimate of drug-likeness (QED) is 0.737. The molecule has 0 bridgehead atoms. The van der Waals surface area contributed by atoms with Gasteiger partial charge in [0, 0.05) is 34.8 Å². The van der Waals surface area contributed by atoms with Crippen LogP contribution in [0.4, 0.5) is 0 Å². The van der Waals surface area contributed by atoms with Crippen LogP contribution >= 0.6 is 0 Å². The van der Waals surface area contributed by atoms with E-state index in [0.29, 0.717) is 13.0 Å². The number of hydrogen-bond donors (Lipinski definition) is 2. The lowest BCUT2D eigenvalue weighted by Gasteiger charge is -2.23. The first-order valence-electron chi connectivity index (χ1n) is 6.00. The van der Waals surface area contributed by atoms with Crippen molar-refractivity contribution in [2.24, 2.45) is 11.7 Å². The van der Waals surface area contributed by atoms with Crippen LogP contribution in [0.15, 0.2) is 0 Å². The molecule has 1 aliphatic heterocycles. The van der Waals surface area contributed by atoms with E-state index in [1.807, 2.05) is 0 Å². The van der Waals surface area contributed by atoms with Crippen molar-refractivity contribution >= 4 is 16.7 Å². The van der Waals surface area contributed by atoms with Gasteiger partial charge >= 0.3 is 0 Å². The van der Waals surface area contributed by atoms with Gasteiger partial charge in [0.15, 0.2) is 0 Å². The maximum absolute atomic E-state index is 11.7. The van der Waals surface area contributed by atoms with Gasteiger partial charge in [0.05, 0.1) is 0 Å². The third kappa shape index (κ3) is 4.61. The zero-order chi connectivity index (χ0) is 12.0. The summed E-state index contributed by atoms with van der Waals surface area (Å²) in [5, 5.41) is 3.01. The van der Waals surface area contributed by atoms with Gasteiger partial charge in [-0.3, -0.25) is 9.00 Å². The van der Waals surface area contributed by atoms with Crippen LogP contribution < -0.4 is 11.1 Å². The van der Waals surface area contributed by atoms with Crippen LogP contribution in [0, 0.1) is 5.92 Å². The Bertz CT molecular complexity index is 244. The van der Waals surface area contributed by atoms with Crippen LogP contribution in [-0.4, -0.2) is 34.2 Å². The minimum absolute atomic E-state index is 0.0926. The normalized spacial score (nSPS) is 27.4.